The molecule has 21 heavy (non-hydrogen) atoms. The van der Waals surface area contributed by atoms with Crippen molar-refractivity contribution < 1.29 is 0 Å². The number of nitrogens with one attached hydrogen (secondary N) is 1. The molecule has 0 radical (unpaired) electrons. The monoisotopic (exact) mass is 339 g/mol. The Morgan fingerprint density at radius 1 is 1.14 bits per heavy atom. The van der Waals surface area contributed by atoms with Gasteiger partial charge in [0, 0.05) is 11.8 Å². The molecule has 1 aromatic carbocycles. The molecule has 0 aliphatic heterocycles. The van der Waals surface area contributed by atoms with Gasteiger partial charge in [-0.1, -0.05) is 71.1 Å². The number of benzene rings is 1. The van der Waals surface area contributed by atoms with Crippen molar-refractivity contribution in [1.29, 1.82) is 0 Å². The molecule has 2 aromatic rings. The molecule has 0 aliphatic rings. The molecule has 0 fully saturated rings. The summed E-state index contributed by atoms with van der Waals surface area (Å²) in [6.45, 7) is 7.42. The summed E-state index contributed by atoms with van der Waals surface area (Å²) in [6, 6.07) is 7.11. The third-order valence-electron chi connectivity index (χ3n) is 3.03. The maximum atomic E-state index is 4.23. The zero-order valence-corrected chi connectivity index (χ0v) is 15.3. The number of hydrogen-bond acceptors (Lipinski definition) is 6. The molecule has 0 spiro atoms. The summed E-state index contributed by atoms with van der Waals surface area (Å²) in [6.07, 6.45) is 2.03. The first kappa shape index (κ1) is 16.8. The Morgan fingerprint density at radius 2 is 1.81 bits per heavy atom. The number of thioether (sulfide) groups is 2. The normalized spacial score (nSPS) is 12.6. The van der Waals surface area contributed by atoms with Gasteiger partial charge in [0.25, 0.3) is 0 Å². The molecule has 0 saturated heterocycles. The van der Waals surface area contributed by atoms with Crippen LogP contribution in [0.4, 0.5) is 0 Å². The maximum absolute atomic E-state index is 4.23. The van der Waals surface area contributed by atoms with E-state index in [1.54, 1.807) is 34.9 Å². The van der Waals surface area contributed by atoms with E-state index in [0.717, 1.165) is 21.0 Å². The summed E-state index contributed by atoms with van der Waals surface area (Å²) >= 11 is 5.10. The fourth-order valence-corrected chi connectivity index (χ4v) is 4.78. The Hall–Kier alpha value is -0.560. The van der Waals surface area contributed by atoms with E-state index in [2.05, 4.69) is 54.5 Å². The molecular formula is C15H21N3S3. The van der Waals surface area contributed by atoms with Crippen LogP contribution in [0.1, 0.15) is 29.7 Å². The lowest BCUT2D eigenvalue weighted by molar-refractivity contribution is 0.605. The molecule has 114 valence electrons. The quantitative estimate of drug-likeness (QED) is 0.761. The highest BCUT2D eigenvalue weighted by Crippen LogP contribution is 2.30. The van der Waals surface area contributed by atoms with E-state index in [1.807, 2.05) is 6.26 Å². The highest BCUT2D eigenvalue weighted by atomic mass is 32.2. The van der Waals surface area contributed by atoms with Crippen molar-refractivity contribution >= 4 is 34.9 Å². The van der Waals surface area contributed by atoms with Crippen molar-refractivity contribution in [2.45, 2.75) is 35.5 Å². The molecule has 1 aromatic heterocycles. The molecule has 0 bridgehead atoms. The van der Waals surface area contributed by atoms with Crippen LogP contribution in [-0.4, -0.2) is 28.8 Å². The first-order valence-electron chi connectivity index (χ1n) is 6.94. The zero-order valence-electron chi connectivity index (χ0n) is 12.8. The van der Waals surface area contributed by atoms with Crippen LogP contribution in [0.2, 0.25) is 0 Å². The molecule has 0 aliphatic carbocycles. The van der Waals surface area contributed by atoms with E-state index < -0.39 is 0 Å². The Bertz CT molecular complexity index is 563. The number of aryl methyl sites for hydroxylation is 2. The zero-order chi connectivity index (χ0) is 15.2. The topological polar surface area (TPSA) is 37.8 Å². The number of rotatable bonds is 7. The first-order valence-corrected chi connectivity index (χ1v) is 9.97. The predicted octanol–water partition coefficient (Wildman–Crippen LogP) is 4.32. The lowest BCUT2D eigenvalue weighted by atomic mass is 10.0. The molecule has 1 atom stereocenters. The van der Waals surface area contributed by atoms with E-state index in [-0.39, 0.29) is 0 Å². The van der Waals surface area contributed by atoms with Crippen LogP contribution in [0.3, 0.4) is 0 Å². The van der Waals surface area contributed by atoms with Gasteiger partial charge in [-0.3, -0.25) is 0 Å². The summed E-state index contributed by atoms with van der Waals surface area (Å²) in [5, 5.41) is 12.0. The van der Waals surface area contributed by atoms with Gasteiger partial charge in [-0.2, -0.15) is 0 Å². The molecule has 6 heteroatoms. The second kappa shape index (κ2) is 8.17. The van der Waals surface area contributed by atoms with E-state index in [1.165, 1.54) is 16.7 Å². The molecule has 0 amide bonds. The fraction of sp³-hybridized carbons (Fsp3) is 0.467. The third kappa shape index (κ3) is 4.98. The van der Waals surface area contributed by atoms with Crippen LogP contribution < -0.4 is 5.32 Å². The molecule has 0 saturated carbocycles. The van der Waals surface area contributed by atoms with Gasteiger partial charge >= 0.3 is 0 Å². The summed E-state index contributed by atoms with van der Waals surface area (Å²) in [5.41, 5.74) is 3.99. The van der Waals surface area contributed by atoms with Crippen molar-refractivity contribution in [3.63, 3.8) is 0 Å². The van der Waals surface area contributed by atoms with Crippen LogP contribution in [-0.2, 0) is 0 Å². The SMILES string of the molecule is CCNC(CSc1nnc(SC)s1)c1cc(C)cc(C)c1. The minimum atomic E-state index is 0.347. The van der Waals surface area contributed by atoms with Gasteiger partial charge in [-0.15, -0.1) is 10.2 Å². The van der Waals surface area contributed by atoms with Crippen molar-refractivity contribution in [3.8, 4) is 0 Å². The van der Waals surface area contributed by atoms with Crippen LogP contribution in [0, 0.1) is 13.8 Å². The summed E-state index contributed by atoms with van der Waals surface area (Å²) in [5.74, 6) is 0.972. The van der Waals surface area contributed by atoms with Crippen molar-refractivity contribution in [3.05, 3.63) is 34.9 Å². The number of nitrogens with zero attached hydrogens (tertiary/aromatic N) is 2. The number of hydrogen-bond donors (Lipinski definition) is 1. The summed E-state index contributed by atoms with van der Waals surface area (Å²) in [4.78, 5) is 0. The van der Waals surface area contributed by atoms with Crippen molar-refractivity contribution in [2.24, 2.45) is 0 Å². The van der Waals surface area contributed by atoms with Gasteiger partial charge in [0.05, 0.1) is 0 Å². The Kier molecular flexibility index (Phi) is 6.54. The van der Waals surface area contributed by atoms with Crippen molar-refractivity contribution in [1.82, 2.24) is 15.5 Å². The van der Waals surface area contributed by atoms with Gasteiger partial charge in [-0.25, -0.2) is 0 Å². The third-order valence-corrected chi connectivity index (χ3v) is 6.16. The van der Waals surface area contributed by atoms with Crippen LogP contribution in [0.25, 0.3) is 0 Å². The molecule has 1 N–H and O–H groups in total. The van der Waals surface area contributed by atoms with Gasteiger partial charge < -0.3 is 5.32 Å². The molecule has 1 unspecified atom stereocenters. The van der Waals surface area contributed by atoms with E-state index in [4.69, 9.17) is 0 Å². The largest absolute Gasteiger partial charge is 0.309 e. The van der Waals surface area contributed by atoms with Gasteiger partial charge in [0.15, 0.2) is 8.68 Å². The van der Waals surface area contributed by atoms with Crippen LogP contribution in [0.15, 0.2) is 26.9 Å². The minimum absolute atomic E-state index is 0.347. The Balaban J connectivity index is 2.07. The Labute approximate surface area is 139 Å². The molecule has 3 nitrogen and oxygen atoms in total. The fourth-order valence-electron chi connectivity index (χ4n) is 2.22. The second-order valence-electron chi connectivity index (χ2n) is 4.88. The lowest BCUT2D eigenvalue weighted by Gasteiger charge is -2.18. The molecular weight excluding hydrogens is 318 g/mol. The second-order valence-corrected chi connectivity index (χ2v) is 8.18. The van der Waals surface area contributed by atoms with Gasteiger partial charge in [0.1, 0.15) is 0 Å². The smallest absolute Gasteiger partial charge is 0.175 e. The molecule has 2 rings (SSSR count). The highest BCUT2D eigenvalue weighted by molar-refractivity contribution is 8.02. The van der Waals surface area contributed by atoms with E-state index in [9.17, 15) is 0 Å². The average molecular weight is 340 g/mol. The summed E-state index contributed by atoms with van der Waals surface area (Å²) in [7, 11) is 0. The van der Waals surface area contributed by atoms with Crippen LogP contribution >= 0.6 is 34.9 Å². The standard InChI is InChI=1S/C15H21N3S3/c1-5-16-13(12-7-10(2)6-11(3)8-12)9-20-15-18-17-14(19-4)21-15/h6-8,13,16H,5,9H2,1-4H3. The summed E-state index contributed by atoms with van der Waals surface area (Å²) < 4.78 is 2.08. The molecule has 1 heterocycles. The van der Waals surface area contributed by atoms with Gasteiger partial charge in [-0.05, 0) is 32.2 Å². The maximum Gasteiger partial charge on any atom is 0.175 e. The van der Waals surface area contributed by atoms with Gasteiger partial charge in [0.2, 0.25) is 0 Å². The van der Waals surface area contributed by atoms with Crippen LogP contribution in [0.5, 0.6) is 0 Å². The Morgan fingerprint density at radius 3 is 2.38 bits per heavy atom. The predicted molar refractivity (Wildman–Crippen MR) is 94.7 cm³/mol. The first-order chi connectivity index (χ1) is 10.1. The lowest BCUT2D eigenvalue weighted by Crippen LogP contribution is -2.23. The van der Waals surface area contributed by atoms with E-state index >= 15 is 0 Å². The number of aromatic nitrogens is 2. The average Bonchev–Trinajstić information content (AvgIpc) is 2.90. The highest BCUT2D eigenvalue weighted by Gasteiger charge is 2.13. The van der Waals surface area contributed by atoms with E-state index in [0.29, 0.717) is 6.04 Å². The minimum Gasteiger partial charge on any atom is -0.309 e. The van der Waals surface area contributed by atoms with Crippen molar-refractivity contribution in [2.75, 3.05) is 18.6 Å².